The number of hydrogen-bond acceptors (Lipinski definition) is 3. The van der Waals surface area contributed by atoms with Crippen molar-refractivity contribution >= 4 is 33.2 Å². The molecule has 5 nitrogen and oxygen atoms in total. The van der Waals surface area contributed by atoms with E-state index >= 15 is 0 Å². The summed E-state index contributed by atoms with van der Waals surface area (Å²) in [6, 6.07) is 12.9. The van der Waals surface area contributed by atoms with Gasteiger partial charge in [-0.05, 0) is 49.7 Å². The zero-order chi connectivity index (χ0) is 19.2. The summed E-state index contributed by atoms with van der Waals surface area (Å²) in [5, 5.41) is 3.21. The van der Waals surface area contributed by atoms with Crippen LogP contribution in [-0.2, 0) is 14.8 Å². The fourth-order valence-electron chi connectivity index (χ4n) is 2.35. The first-order valence-corrected chi connectivity index (χ1v) is 10.3. The lowest BCUT2D eigenvalue weighted by Crippen LogP contribution is -2.41. The topological polar surface area (TPSA) is 66.5 Å². The second-order valence-electron chi connectivity index (χ2n) is 6.00. The second kappa shape index (κ2) is 9.05. The van der Waals surface area contributed by atoms with Gasteiger partial charge in [0.05, 0.1) is 10.6 Å². The molecule has 7 heteroatoms. The molecular formula is C19H23ClN2O3S. The Kier molecular flexibility index (Phi) is 7.06. The minimum Gasteiger partial charge on any atom is -0.355 e. The molecule has 1 amide bonds. The summed E-state index contributed by atoms with van der Waals surface area (Å²) in [6.45, 7) is 4.19. The SMILES string of the molecule is CCCCNC(=O)CN(c1ccc(C)cc1)S(=O)(=O)c1ccc(Cl)cc1. The molecule has 0 bridgehead atoms. The smallest absolute Gasteiger partial charge is 0.264 e. The molecule has 0 atom stereocenters. The third-order valence-electron chi connectivity index (χ3n) is 3.86. The van der Waals surface area contributed by atoms with Gasteiger partial charge >= 0.3 is 0 Å². The molecule has 0 saturated carbocycles. The van der Waals surface area contributed by atoms with Crippen LogP contribution in [0.15, 0.2) is 53.4 Å². The Morgan fingerprint density at radius 1 is 1.08 bits per heavy atom. The molecule has 2 aromatic carbocycles. The lowest BCUT2D eigenvalue weighted by atomic mass is 10.2. The Bertz CT molecular complexity index is 834. The summed E-state index contributed by atoms with van der Waals surface area (Å²) in [6.07, 6.45) is 1.80. The van der Waals surface area contributed by atoms with Crippen molar-refractivity contribution in [2.45, 2.75) is 31.6 Å². The van der Waals surface area contributed by atoms with Gasteiger partial charge in [0, 0.05) is 11.6 Å². The molecule has 26 heavy (non-hydrogen) atoms. The number of halogens is 1. The molecule has 0 unspecified atom stereocenters. The first-order valence-electron chi connectivity index (χ1n) is 8.46. The van der Waals surface area contributed by atoms with Crippen LogP contribution in [0.2, 0.25) is 5.02 Å². The van der Waals surface area contributed by atoms with Crippen molar-refractivity contribution in [3.8, 4) is 0 Å². The van der Waals surface area contributed by atoms with E-state index in [1.54, 1.807) is 12.1 Å². The number of aryl methyl sites for hydroxylation is 1. The highest BCUT2D eigenvalue weighted by molar-refractivity contribution is 7.92. The number of rotatable bonds is 8. The number of unbranched alkanes of at least 4 members (excludes halogenated alkanes) is 1. The molecule has 0 spiro atoms. The van der Waals surface area contributed by atoms with Gasteiger partial charge in [0.25, 0.3) is 10.0 Å². The molecule has 0 aromatic heterocycles. The number of amides is 1. The van der Waals surface area contributed by atoms with Crippen molar-refractivity contribution in [3.63, 3.8) is 0 Å². The van der Waals surface area contributed by atoms with Crippen molar-refractivity contribution in [1.82, 2.24) is 5.32 Å². The molecule has 140 valence electrons. The second-order valence-corrected chi connectivity index (χ2v) is 8.30. The summed E-state index contributed by atoms with van der Waals surface area (Å²) < 4.78 is 27.3. The number of benzene rings is 2. The van der Waals surface area contributed by atoms with Gasteiger partial charge in [0.15, 0.2) is 0 Å². The quantitative estimate of drug-likeness (QED) is 0.693. The summed E-state index contributed by atoms with van der Waals surface area (Å²) in [7, 11) is -3.90. The average Bonchev–Trinajstić information content (AvgIpc) is 2.61. The van der Waals surface area contributed by atoms with E-state index in [0.717, 1.165) is 22.7 Å². The Morgan fingerprint density at radius 2 is 1.69 bits per heavy atom. The molecule has 0 aliphatic carbocycles. The molecule has 0 saturated heterocycles. The maximum atomic E-state index is 13.1. The van der Waals surface area contributed by atoms with Gasteiger partial charge < -0.3 is 5.32 Å². The van der Waals surface area contributed by atoms with Crippen molar-refractivity contribution in [2.75, 3.05) is 17.4 Å². The van der Waals surface area contributed by atoms with E-state index in [-0.39, 0.29) is 17.3 Å². The average molecular weight is 395 g/mol. The van der Waals surface area contributed by atoms with Gasteiger partial charge in [0.2, 0.25) is 5.91 Å². The predicted octanol–water partition coefficient (Wildman–Crippen LogP) is 3.76. The molecule has 1 N–H and O–H groups in total. The minimum atomic E-state index is -3.90. The maximum Gasteiger partial charge on any atom is 0.264 e. The van der Waals surface area contributed by atoms with E-state index in [1.807, 2.05) is 26.0 Å². The standard InChI is InChI=1S/C19H23ClN2O3S/c1-3-4-13-21-19(23)14-22(17-9-5-15(2)6-10-17)26(24,25)18-11-7-16(20)8-12-18/h5-12H,3-4,13-14H2,1-2H3,(H,21,23). The highest BCUT2D eigenvalue weighted by Crippen LogP contribution is 2.25. The number of nitrogens with zero attached hydrogens (tertiary/aromatic N) is 1. The largest absolute Gasteiger partial charge is 0.355 e. The van der Waals surface area contributed by atoms with Gasteiger partial charge in [-0.1, -0.05) is 42.6 Å². The first kappa shape index (κ1) is 20.3. The van der Waals surface area contributed by atoms with Crippen LogP contribution in [0.4, 0.5) is 5.69 Å². The Morgan fingerprint density at radius 3 is 2.27 bits per heavy atom. The van der Waals surface area contributed by atoms with Crippen molar-refractivity contribution < 1.29 is 13.2 Å². The Balaban J connectivity index is 2.34. The van der Waals surface area contributed by atoms with Gasteiger partial charge in [-0.25, -0.2) is 8.42 Å². The third-order valence-corrected chi connectivity index (χ3v) is 5.90. The van der Waals surface area contributed by atoms with Crippen LogP contribution in [0.5, 0.6) is 0 Å². The van der Waals surface area contributed by atoms with Gasteiger partial charge in [-0.3, -0.25) is 9.10 Å². The van der Waals surface area contributed by atoms with Gasteiger partial charge in [0.1, 0.15) is 6.54 Å². The van der Waals surface area contributed by atoms with Crippen LogP contribution < -0.4 is 9.62 Å². The molecule has 0 heterocycles. The number of carbonyl (C=O) groups is 1. The van der Waals surface area contributed by atoms with E-state index < -0.39 is 10.0 Å². The molecular weight excluding hydrogens is 372 g/mol. The predicted molar refractivity (Wildman–Crippen MR) is 105 cm³/mol. The highest BCUT2D eigenvalue weighted by atomic mass is 35.5. The number of hydrogen-bond donors (Lipinski definition) is 1. The van der Waals surface area contributed by atoms with Crippen LogP contribution in [0.25, 0.3) is 0 Å². The molecule has 0 aliphatic rings. The summed E-state index contributed by atoms with van der Waals surface area (Å²) in [5.74, 6) is -0.337. The number of anilines is 1. The Labute approximate surface area is 160 Å². The van der Waals surface area contributed by atoms with E-state index in [0.29, 0.717) is 17.3 Å². The van der Waals surface area contributed by atoms with E-state index in [2.05, 4.69) is 5.32 Å². The zero-order valence-corrected chi connectivity index (χ0v) is 16.5. The van der Waals surface area contributed by atoms with Crippen LogP contribution in [0.1, 0.15) is 25.3 Å². The van der Waals surface area contributed by atoms with Crippen molar-refractivity contribution in [3.05, 3.63) is 59.1 Å². The fraction of sp³-hybridized carbons (Fsp3) is 0.316. The van der Waals surface area contributed by atoms with E-state index in [1.165, 1.54) is 24.3 Å². The summed E-state index contributed by atoms with van der Waals surface area (Å²) in [4.78, 5) is 12.3. The maximum absolute atomic E-state index is 13.1. The van der Waals surface area contributed by atoms with E-state index in [4.69, 9.17) is 11.6 Å². The number of carbonyl (C=O) groups excluding carboxylic acids is 1. The lowest BCUT2D eigenvalue weighted by molar-refractivity contribution is -0.119. The lowest BCUT2D eigenvalue weighted by Gasteiger charge is -2.24. The van der Waals surface area contributed by atoms with E-state index in [9.17, 15) is 13.2 Å². The monoisotopic (exact) mass is 394 g/mol. The van der Waals surface area contributed by atoms with Gasteiger partial charge in [-0.2, -0.15) is 0 Å². The highest BCUT2D eigenvalue weighted by Gasteiger charge is 2.27. The minimum absolute atomic E-state index is 0.0869. The number of sulfonamides is 1. The number of nitrogens with one attached hydrogen (secondary N) is 1. The molecule has 0 aliphatic heterocycles. The van der Waals surface area contributed by atoms with Crippen molar-refractivity contribution in [2.24, 2.45) is 0 Å². The Hall–Kier alpha value is -2.05. The van der Waals surface area contributed by atoms with Gasteiger partial charge in [-0.15, -0.1) is 0 Å². The first-order chi connectivity index (χ1) is 12.3. The summed E-state index contributed by atoms with van der Waals surface area (Å²) in [5.41, 5.74) is 1.45. The van der Waals surface area contributed by atoms with Crippen LogP contribution >= 0.6 is 11.6 Å². The third kappa shape index (κ3) is 5.22. The molecule has 0 radical (unpaired) electrons. The molecule has 2 aromatic rings. The normalized spacial score (nSPS) is 11.2. The van der Waals surface area contributed by atoms with Crippen LogP contribution in [-0.4, -0.2) is 27.4 Å². The van der Waals surface area contributed by atoms with Crippen LogP contribution in [0.3, 0.4) is 0 Å². The van der Waals surface area contributed by atoms with Crippen molar-refractivity contribution in [1.29, 1.82) is 0 Å². The fourth-order valence-corrected chi connectivity index (χ4v) is 3.90. The molecule has 0 fully saturated rings. The zero-order valence-electron chi connectivity index (χ0n) is 14.9. The molecule has 2 rings (SSSR count). The van der Waals surface area contributed by atoms with Crippen LogP contribution in [0, 0.1) is 6.92 Å². The summed E-state index contributed by atoms with van der Waals surface area (Å²) >= 11 is 5.86.